The van der Waals surface area contributed by atoms with Crippen molar-refractivity contribution in [1.29, 1.82) is 0 Å². The van der Waals surface area contributed by atoms with Gasteiger partial charge in [0.05, 0.1) is 6.04 Å². The molecule has 27 heavy (non-hydrogen) atoms. The van der Waals surface area contributed by atoms with Gasteiger partial charge in [0.25, 0.3) is 0 Å². The van der Waals surface area contributed by atoms with E-state index in [1.165, 1.54) is 24.1 Å². The first-order chi connectivity index (χ1) is 13.0. The van der Waals surface area contributed by atoms with Crippen LogP contribution in [0.3, 0.4) is 0 Å². The number of hydrogen-bond acceptors (Lipinski definition) is 3. The van der Waals surface area contributed by atoms with Crippen LogP contribution in [-0.4, -0.2) is 57.0 Å². The molecule has 0 aromatic heterocycles. The van der Waals surface area contributed by atoms with Crippen molar-refractivity contribution in [2.24, 2.45) is 4.99 Å². The summed E-state index contributed by atoms with van der Waals surface area (Å²) in [7, 11) is 3.50. The van der Waals surface area contributed by atoms with Crippen LogP contribution in [-0.2, 0) is 4.79 Å². The largest absolute Gasteiger partial charge is 0.372 e. The van der Waals surface area contributed by atoms with Crippen LogP contribution in [0.15, 0.2) is 29.3 Å². The van der Waals surface area contributed by atoms with E-state index in [1.54, 1.807) is 19.0 Å². The first kappa shape index (κ1) is 21.1. The summed E-state index contributed by atoms with van der Waals surface area (Å²) in [5.74, 6) is 0.688. The van der Waals surface area contributed by atoms with Crippen molar-refractivity contribution < 1.29 is 4.79 Å². The number of likely N-dealkylation sites (N-methyl/N-ethyl adjacent to an activating group) is 1. The Bertz CT molecular complexity index is 623. The summed E-state index contributed by atoms with van der Waals surface area (Å²) in [4.78, 5) is 20.4. The Hall–Kier alpha value is -2.24. The molecule has 1 aromatic carbocycles. The molecule has 6 heteroatoms. The van der Waals surface area contributed by atoms with Crippen LogP contribution in [0.1, 0.15) is 51.1 Å². The molecule has 0 bridgehead atoms. The molecule has 0 saturated carbocycles. The molecule has 1 fully saturated rings. The molecule has 2 N–H and O–H groups in total. The van der Waals surface area contributed by atoms with Crippen LogP contribution < -0.4 is 15.5 Å². The van der Waals surface area contributed by atoms with E-state index in [9.17, 15) is 4.79 Å². The number of rotatable bonds is 8. The molecule has 0 aliphatic carbocycles. The fraction of sp³-hybridized carbons (Fsp3) is 0.619. The third-order valence-electron chi connectivity index (χ3n) is 4.89. The van der Waals surface area contributed by atoms with E-state index in [1.807, 2.05) is 0 Å². The van der Waals surface area contributed by atoms with E-state index in [2.05, 4.69) is 58.6 Å². The van der Waals surface area contributed by atoms with E-state index < -0.39 is 0 Å². The smallest absolute Gasteiger partial charge is 0.243 e. The molecular formula is C21H35N5O. The number of unbranched alkanes of at least 4 members (excludes halogenated alkanes) is 1. The Morgan fingerprint density at radius 2 is 2.04 bits per heavy atom. The topological polar surface area (TPSA) is 60.0 Å². The van der Waals surface area contributed by atoms with Crippen molar-refractivity contribution in [3.8, 4) is 0 Å². The average molecular weight is 374 g/mol. The molecule has 6 nitrogen and oxygen atoms in total. The third-order valence-corrected chi connectivity index (χ3v) is 4.89. The van der Waals surface area contributed by atoms with Crippen molar-refractivity contribution in [1.82, 2.24) is 15.5 Å². The Morgan fingerprint density at radius 1 is 1.30 bits per heavy atom. The predicted octanol–water partition coefficient (Wildman–Crippen LogP) is 2.77. The Kier molecular flexibility index (Phi) is 8.43. The van der Waals surface area contributed by atoms with E-state index in [0.717, 1.165) is 32.5 Å². The molecule has 0 radical (unpaired) electrons. The van der Waals surface area contributed by atoms with Gasteiger partial charge in [-0.25, -0.2) is 4.99 Å². The van der Waals surface area contributed by atoms with Crippen molar-refractivity contribution in [2.45, 2.75) is 45.6 Å². The van der Waals surface area contributed by atoms with Crippen molar-refractivity contribution in [3.63, 3.8) is 0 Å². The maximum atomic E-state index is 11.9. The maximum absolute atomic E-state index is 11.9. The normalized spacial score (nSPS) is 15.6. The van der Waals surface area contributed by atoms with Crippen LogP contribution in [0.25, 0.3) is 0 Å². The summed E-state index contributed by atoms with van der Waals surface area (Å²) in [5.41, 5.74) is 2.52. The summed E-state index contributed by atoms with van der Waals surface area (Å²) >= 11 is 0. The zero-order chi connectivity index (χ0) is 19.6. The average Bonchev–Trinajstić information content (AvgIpc) is 3.20. The van der Waals surface area contributed by atoms with Gasteiger partial charge in [0.2, 0.25) is 5.91 Å². The first-order valence-corrected chi connectivity index (χ1v) is 10.1. The van der Waals surface area contributed by atoms with Gasteiger partial charge in [-0.1, -0.05) is 25.5 Å². The molecule has 1 aromatic rings. The highest BCUT2D eigenvalue weighted by Crippen LogP contribution is 2.23. The zero-order valence-electron chi connectivity index (χ0n) is 17.3. The third kappa shape index (κ3) is 6.77. The Balaban J connectivity index is 2.04. The molecular weight excluding hydrogens is 338 g/mol. The number of carbonyl (C=O) groups excluding carboxylic acids is 1. The van der Waals surface area contributed by atoms with Crippen molar-refractivity contribution in [3.05, 3.63) is 29.8 Å². The fourth-order valence-electron chi connectivity index (χ4n) is 3.08. The minimum Gasteiger partial charge on any atom is -0.372 e. The number of guanidine groups is 1. The second-order valence-corrected chi connectivity index (χ2v) is 7.39. The van der Waals surface area contributed by atoms with Gasteiger partial charge in [0.1, 0.15) is 6.54 Å². The van der Waals surface area contributed by atoms with Crippen LogP contribution in [0.4, 0.5) is 5.69 Å². The number of benzene rings is 1. The molecule has 1 aliphatic heterocycles. The second kappa shape index (κ2) is 10.8. The monoisotopic (exact) mass is 373 g/mol. The van der Waals surface area contributed by atoms with Crippen molar-refractivity contribution >= 4 is 17.6 Å². The summed E-state index contributed by atoms with van der Waals surface area (Å²) in [6.07, 6.45) is 4.73. The second-order valence-electron chi connectivity index (χ2n) is 7.39. The SMILES string of the molecule is CCCCNC(=NCC(=O)N(C)C)NC(C)c1cccc(N2CCCC2)c1. The summed E-state index contributed by atoms with van der Waals surface area (Å²) < 4.78 is 0. The van der Waals surface area contributed by atoms with Gasteiger partial charge in [-0.3, -0.25) is 4.79 Å². The Labute approximate surface area is 164 Å². The van der Waals surface area contributed by atoms with Crippen LogP contribution >= 0.6 is 0 Å². The minimum atomic E-state index is -0.00437. The van der Waals surface area contributed by atoms with E-state index in [-0.39, 0.29) is 18.5 Å². The van der Waals surface area contributed by atoms with Gasteiger partial charge < -0.3 is 20.4 Å². The number of anilines is 1. The van der Waals surface area contributed by atoms with Gasteiger partial charge in [0, 0.05) is 39.4 Å². The lowest BCUT2D eigenvalue weighted by Gasteiger charge is -2.22. The number of carbonyl (C=O) groups is 1. The number of nitrogens with zero attached hydrogens (tertiary/aromatic N) is 3. The quantitative estimate of drug-likeness (QED) is 0.418. The molecule has 1 unspecified atom stereocenters. The maximum Gasteiger partial charge on any atom is 0.243 e. The molecule has 1 heterocycles. The highest BCUT2D eigenvalue weighted by Gasteiger charge is 2.15. The highest BCUT2D eigenvalue weighted by atomic mass is 16.2. The van der Waals surface area contributed by atoms with E-state index in [0.29, 0.717) is 5.96 Å². The summed E-state index contributed by atoms with van der Waals surface area (Å²) in [6.45, 7) is 7.57. The summed E-state index contributed by atoms with van der Waals surface area (Å²) in [6, 6.07) is 8.82. The van der Waals surface area contributed by atoms with Crippen molar-refractivity contribution in [2.75, 3.05) is 45.2 Å². The van der Waals surface area contributed by atoms with E-state index >= 15 is 0 Å². The first-order valence-electron chi connectivity index (χ1n) is 10.1. The lowest BCUT2D eigenvalue weighted by molar-refractivity contribution is -0.127. The lowest BCUT2D eigenvalue weighted by Crippen LogP contribution is -2.40. The predicted molar refractivity (Wildman–Crippen MR) is 113 cm³/mol. The number of aliphatic imine (C=N–C) groups is 1. The molecule has 1 saturated heterocycles. The molecule has 1 atom stereocenters. The highest BCUT2D eigenvalue weighted by molar-refractivity contribution is 5.85. The van der Waals surface area contributed by atoms with Crippen LogP contribution in [0.5, 0.6) is 0 Å². The zero-order valence-corrected chi connectivity index (χ0v) is 17.3. The molecule has 2 rings (SSSR count). The van der Waals surface area contributed by atoms with Gasteiger partial charge >= 0.3 is 0 Å². The fourth-order valence-corrected chi connectivity index (χ4v) is 3.08. The number of hydrogen-bond donors (Lipinski definition) is 2. The molecule has 1 aliphatic rings. The molecule has 150 valence electrons. The number of amides is 1. The van der Waals surface area contributed by atoms with Gasteiger partial charge in [-0.15, -0.1) is 0 Å². The lowest BCUT2D eigenvalue weighted by atomic mass is 10.1. The van der Waals surface area contributed by atoms with Gasteiger partial charge in [0.15, 0.2) is 5.96 Å². The van der Waals surface area contributed by atoms with Crippen LogP contribution in [0, 0.1) is 0 Å². The van der Waals surface area contributed by atoms with Gasteiger partial charge in [-0.2, -0.15) is 0 Å². The van der Waals surface area contributed by atoms with E-state index in [4.69, 9.17) is 0 Å². The minimum absolute atomic E-state index is 0.00437. The molecule has 0 spiro atoms. The summed E-state index contributed by atoms with van der Waals surface area (Å²) in [5, 5.41) is 6.80. The van der Waals surface area contributed by atoms with Crippen LogP contribution in [0.2, 0.25) is 0 Å². The van der Waals surface area contributed by atoms with Gasteiger partial charge in [-0.05, 0) is 43.9 Å². The standard InChI is InChI=1S/C21H35N5O/c1-5-6-12-22-21(23-16-20(27)25(3)4)24-17(2)18-10-9-11-19(15-18)26-13-7-8-14-26/h9-11,15,17H,5-8,12-14,16H2,1-4H3,(H2,22,23,24). The molecule has 1 amide bonds. The number of nitrogens with one attached hydrogen (secondary N) is 2. The Morgan fingerprint density at radius 3 is 2.70 bits per heavy atom.